The number of aromatic nitrogens is 3. The Kier molecular flexibility index (Phi) is 5.35. The number of sulfone groups is 1. The van der Waals surface area contributed by atoms with Gasteiger partial charge in [-0.3, -0.25) is 4.90 Å². The first kappa shape index (κ1) is 20.4. The van der Waals surface area contributed by atoms with E-state index in [0.717, 1.165) is 17.0 Å². The van der Waals surface area contributed by atoms with Gasteiger partial charge in [0.15, 0.2) is 14.6 Å². The Bertz CT molecular complexity index is 1100. The van der Waals surface area contributed by atoms with Gasteiger partial charge in [0.25, 0.3) is 0 Å². The minimum Gasteiger partial charge on any atom is -0.307 e. The van der Waals surface area contributed by atoms with Crippen LogP contribution in [0.25, 0.3) is 0 Å². The summed E-state index contributed by atoms with van der Waals surface area (Å²) in [5.74, 6) is 1.64. The minimum atomic E-state index is -2.87. The van der Waals surface area contributed by atoms with Crippen molar-refractivity contribution in [2.45, 2.75) is 63.7 Å². The molecular weight excluding hydrogens is 416 g/mol. The Morgan fingerprint density at radius 3 is 2.73 bits per heavy atom. The van der Waals surface area contributed by atoms with Gasteiger partial charge in [-0.1, -0.05) is 24.3 Å². The van der Waals surface area contributed by atoms with Gasteiger partial charge < -0.3 is 4.57 Å². The molecule has 0 radical (unpaired) electrons. The fourth-order valence-electron chi connectivity index (χ4n) is 5.20. The van der Waals surface area contributed by atoms with Crippen molar-refractivity contribution in [1.29, 1.82) is 0 Å². The molecule has 3 aliphatic rings. The SMILES string of the molecule is Cn1c(C[C@H]2CCS(=O)(=O)C2)nn(CN(C2CC2)[C@H]2CCCc3ccccc32)c1=S. The van der Waals surface area contributed by atoms with Crippen molar-refractivity contribution < 1.29 is 8.42 Å². The van der Waals surface area contributed by atoms with Crippen molar-refractivity contribution in [1.82, 2.24) is 19.2 Å². The normalized spacial score (nSPS) is 25.5. The van der Waals surface area contributed by atoms with Crippen LogP contribution in [-0.2, 0) is 36.4 Å². The number of aryl methyl sites for hydroxylation is 1. The van der Waals surface area contributed by atoms with Crippen LogP contribution in [0.1, 0.15) is 55.1 Å². The molecule has 2 heterocycles. The molecule has 1 saturated heterocycles. The van der Waals surface area contributed by atoms with E-state index in [0.29, 0.717) is 30.9 Å². The third-order valence-corrected chi connectivity index (χ3v) is 9.30. The smallest absolute Gasteiger partial charge is 0.198 e. The van der Waals surface area contributed by atoms with Gasteiger partial charge in [0.1, 0.15) is 5.82 Å². The number of benzene rings is 1. The van der Waals surface area contributed by atoms with Crippen molar-refractivity contribution in [3.63, 3.8) is 0 Å². The summed E-state index contributed by atoms with van der Waals surface area (Å²) >= 11 is 5.72. The van der Waals surface area contributed by atoms with Crippen LogP contribution in [0.4, 0.5) is 0 Å². The van der Waals surface area contributed by atoms with Gasteiger partial charge in [0.05, 0.1) is 18.2 Å². The molecular formula is C22H30N4O2S2. The molecule has 5 rings (SSSR count). The number of fused-ring (bicyclic) bond motifs is 1. The minimum absolute atomic E-state index is 0.156. The van der Waals surface area contributed by atoms with Crippen LogP contribution >= 0.6 is 12.2 Å². The molecule has 1 aliphatic heterocycles. The summed E-state index contributed by atoms with van der Waals surface area (Å²) in [6.07, 6.45) is 7.47. The van der Waals surface area contributed by atoms with Crippen LogP contribution in [0.3, 0.4) is 0 Å². The maximum atomic E-state index is 11.8. The van der Waals surface area contributed by atoms with E-state index >= 15 is 0 Å². The number of nitrogens with zero attached hydrogens (tertiary/aromatic N) is 4. The Hall–Kier alpha value is -1.51. The maximum Gasteiger partial charge on any atom is 0.198 e. The molecule has 30 heavy (non-hydrogen) atoms. The number of hydrogen-bond donors (Lipinski definition) is 0. The first-order chi connectivity index (χ1) is 14.4. The standard InChI is InChI=1S/C22H30N4O2S2/c1-24-21(13-16-11-12-30(27,28)14-16)23-26(22(24)29)15-25(18-9-10-18)20-8-4-6-17-5-2-3-7-19(17)20/h2-3,5,7,16,18,20H,4,6,8-15H2,1H3/t16-,20+/m1/s1. The van der Waals surface area contributed by atoms with E-state index in [9.17, 15) is 8.42 Å². The van der Waals surface area contributed by atoms with E-state index in [-0.39, 0.29) is 11.7 Å². The molecule has 1 aromatic carbocycles. The van der Waals surface area contributed by atoms with E-state index in [4.69, 9.17) is 17.3 Å². The van der Waals surface area contributed by atoms with Gasteiger partial charge in [-0.2, -0.15) is 5.10 Å². The molecule has 0 spiro atoms. The second-order valence-electron chi connectivity index (χ2n) is 9.22. The molecule has 2 atom stereocenters. The molecule has 6 nitrogen and oxygen atoms in total. The van der Waals surface area contributed by atoms with Crippen molar-refractivity contribution >= 4 is 22.1 Å². The van der Waals surface area contributed by atoms with E-state index in [1.165, 1.54) is 43.2 Å². The summed E-state index contributed by atoms with van der Waals surface area (Å²) < 4.78 is 28.3. The first-order valence-corrected chi connectivity index (χ1v) is 13.3. The van der Waals surface area contributed by atoms with Crippen LogP contribution in [0.5, 0.6) is 0 Å². The molecule has 0 N–H and O–H groups in total. The number of hydrogen-bond acceptors (Lipinski definition) is 5. The second-order valence-corrected chi connectivity index (χ2v) is 11.8. The Balaban J connectivity index is 1.39. The highest BCUT2D eigenvalue weighted by Crippen LogP contribution is 2.41. The van der Waals surface area contributed by atoms with Crippen LogP contribution in [-0.4, -0.2) is 45.2 Å². The molecule has 2 aromatic rings. The summed E-state index contributed by atoms with van der Waals surface area (Å²) in [6, 6.07) is 9.89. The van der Waals surface area contributed by atoms with E-state index in [2.05, 4.69) is 29.2 Å². The van der Waals surface area contributed by atoms with Crippen molar-refractivity contribution in [3.05, 3.63) is 46.0 Å². The highest BCUT2D eigenvalue weighted by atomic mass is 32.2. The third-order valence-electron chi connectivity index (χ3n) is 6.98. The van der Waals surface area contributed by atoms with Crippen LogP contribution < -0.4 is 0 Å². The van der Waals surface area contributed by atoms with Crippen LogP contribution in [0, 0.1) is 10.7 Å². The summed E-state index contributed by atoms with van der Waals surface area (Å²) in [5, 5.41) is 4.86. The summed E-state index contributed by atoms with van der Waals surface area (Å²) in [5.41, 5.74) is 2.95. The zero-order valence-electron chi connectivity index (χ0n) is 17.5. The average molecular weight is 447 g/mol. The Morgan fingerprint density at radius 1 is 1.20 bits per heavy atom. The topological polar surface area (TPSA) is 60.1 Å². The van der Waals surface area contributed by atoms with E-state index < -0.39 is 9.84 Å². The van der Waals surface area contributed by atoms with Gasteiger partial charge >= 0.3 is 0 Å². The molecule has 162 valence electrons. The largest absolute Gasteiger partial charge is 0.307 e. The lowest BCUT2D eigenvalue weighted by Gasteiger charge is -2.36. The first-order valence-electron chi connectivity index (χ1n) is 11.1. The molecule has 1 aromatic heterocycles. The highest BCUT2D eigenvalue weighted by Gasteiger charge is 2.37. The summed E-state index contributed by atoms with van der Waals surface area (Å²) in [6.45, 7) is 0.708. The molecule has 1 saturated carbocycles. The lowest BCUT2D eigenvalue weighted by atomic mass is 9.87. The number of rotatable bonds is 6. The van der Waals surface area contributed by atoms with Gasteiger partial charge in [-0.05, 0) is 67.8 Å². The summed E-state index contributed by atoms with van der Waals surface area (Å²) in [4.78, 5) is 2.60. The zero-order chi connectivity index (χ0) is 20.9. The molecule has 0 unspecified atom stereocenters. The molecule has 0 bridgehead atoms. The fourth-order valence-corrected chi connectivity index (χ4v) is 7.26. The molecule has 0 amide bonds. The zero-order valence-corrected chi connectivity index (χ0v) is 19.2. The Labute approximate surface area is 183 Å². The third kappa shape index (κ3) is 4.01. The second kappa shape index (κ2) is 7.88. The molecule has 2 aliphatic carbocycles. The van der Waals surface area contributed by atoms with Gasteiger partial charge in [0.2, 0.25) is 0 Å². The monoisotopic (exact) mass is 446 g/mol. The van der Waals surface area contributed by atoms with E-state index in [1.807, 2.05) is 16.3 Å². The highest BCUT2D eigenvalue weighted by molar-refractivity contribution is 7.91. The van der Waals surface area contributed by atoms with Gasteiger partial charge in [0, 0.05) is 25.6 Å². The summed E-state index contributed by atoms with van der Waals surface area (Å²) in [7, 11) is -0.914. The van der Waals surface area contributed by atoms with Crippen LogP contribution in [0.15, 0.2) is 24.3 Å². The van der Waals surface area contributed by atoms with Gasteiger partial charge in [-0.15, -0.1) is 0 Å². The molecule has 8 heteroatoms. The van der Waals surface area contributed by atoms with Gasteiger partial charge in [-0.25, -0.2) is 13.1 Å². The van der Waals surface area contributed by atoms with Crippen molar-refractivity contribution in [3.8, 4) is 0 Å². The quantitative estimate of drug-likeness (QED) is 0.637. The fraction of sp³-hybridized carbons (Fsp3) is 0.636. The Morgan fingerprint density at radius 2 is 2.00 bits per heavy atom. The van der Waals surface area contributed by atoms with Crippen molar-refractivity contribution in [2.75, 3.05) is 11.5 Å². The van der Waals surface area contributed by atoms with Crippen LogP contribution in [0.2, 0.25) is 0 Å². The molecule has 2 fully saturated rings. The maximum absolute atomic E-state index is 11.8. The predicted octanol–water partition coefficient (Wildman–Crippen LogP) is 3.43. The van der Waals surface area contributed by atoms with Crippen molar-refractivity contribution in [2.24, 2.45) is 13.0 Å². The average Bonchev–Trinajstić information content (AvgIpc) is 3.47. The lowest BCUT2D eigenvalue weighted by Crippen LogP contribution is -2.35. The lowest BCUT2D eigenvalue weighted by molar-refractivity contribution is 0.118. The predicted molar refractivity (Wildman–Crippen MR) is 119 cm³/mol. The van der Waals surface area contributed by atoms with E-state index in [1.54, 1.807) is 0 Å².